The number of rotatable bonds is 1. The zero-order valence-electron chi connectivity index (χ0n) is 2.89. The van der Waals surface area contributed by atoms with E-state index in [1.165, 1.54) is 0 Å². The molecule has 0 rings (SSSR count). The fourth-order valence-electron chi connectivity index (χ4n) is 0.0304. The summed E-state index contributed by atoms with van der Waals surface area (Å²) in [6.07, 6.45) is 0.514. The van der Waals surface area contributed by atoms with Gasteiger partial charge in [-0.25, -0.2) is 0 Å². The molecule has 0 aromatic carbocycles. The van der Waals surface area contributed by atoms with Crippen LogP contribution in [0.25, 0.3) is 0 Å². The van der Waals surface area contributed by atoms with Crippen molar-refractivity contribution in [2.24, 2.45) is 10.9 Å². The maximum atomic E-state index is 9.48. The van der Waals surface area contributed by atoms with Crippen LogP contribution in [-0.4, -0.2) is 10.9 Å². The smallest absolute Gasteiger partial charge is 0.177 e. The Hall–Kier alpha value is -0.380. The van der Waals surface area contributed by atoms with Gasteiger partial charge in [-0.1, -0.05) is 0 Å². The van der Waals surface area contributed by atoms with E-state index in [1.54, 1.807) is 0 Å². The SMILES string of the molecule is NN=C(Br)C=O. The third kappa shape index (κ3) is 1.90. The summed E-state index contributed by atoms with van der Waals surface area (Å²) in [5.41, 5.74) is 0. The highest BCUT2D eigenvalue weighted by Crippen LogP contribution is 1.77. The van der Waals surface area contributed by atoms with Gasteiger partial charge in [-0.2, -0.15) is 5.10 Å². The fourth-order valence-corrected chi connectivity index (χ4v) is 0.0304. The predicted molar refractivity (Wildman–Crippen MR) is 26.6 cm³/mol. The zero-order chi connectivity index (χ0) is 4.99. The first-order valence-electron chi connectivity index (χ1n) is 1.20. The zero-order valence-corrected chi connectivity index (χ0v) is 4.47. The van der Waals surface area contributed by atoms with Crippen molar-refractivity contribution in [3.05, 3.63) is 0 Å². The number of hydrogen-bond acceptors (Lipinski definition) is 3. The predicted octanol–water partition coefficient (Wildman–Crippen LogP) is -0.148. The maximum absolute atomic E-state index is 9.48. The first-order valence-corrected chi connectivity index (χ1v) is 1.99. The van der Waals surface area contributed by atoms with Gasteiger partial charge in [-0.05, 0) is 15.9 Å². The Morgan fingerprint density at radius 1 is 2.00 bits per heavy atom. The molecule has 0 aliphatic heterocycles. The van der Waals surface area contributed by atoms with Crippen molar-refractivity contribution < 1.29 is 4.79 Å². The molecule has 34 valence electrons. The third-order valence-corrected chi connectivity index (χ3v) is 0.612. The van der Waals surface area contributed by atoms with Gasteiger partial charge in [0.2, 0.25) is 0 Å². The molecule has 3 nitrogen and oxygen atoms in total. The van der Waals surface area contributed by atoms with E-state index in [1.807, 2.05) is 0 Å². The van der Waals surface area contributed by atoms with E-state index in [0.717, 1.165) is 0 Å². The van der Waals surface area contributed by atoms with Crippen LogP contribution in [0, 0.1) is 0 Å². The molecule has 0 aliphatic carbocycles. The molecule has 0 bridgehead atoms. The molecule has 0 saturated heterocycles. The molecule has 0 unspecified atom stereocenters. The lowest BCUT2D eigenvalue weighted by Gasteiger charge is -1.70. The van der Waals surface area contributed by atoms with Crippen molar-refractivity contribution in [3.8, 4) is 0 Å². The second-order valence-corrected chi connectivity index (χ2v) is 1.38. The molecular formula is C2H3BrN2O. The van der Waals surface area contributed by atoms with Gasteiger partial charge in [-0.3, -0.25) is 4.79 Å². The average molecular weight is 151 g/mol. The lowest BCUT2D eigenvalue weighted by Crippen LogP contribution is -1.91. The van der Waals surface area contributed by atoms with Crippen LogP contribution in [0.15, 0.2) is 5.10 Å². The number of nitrogens with zero attached hydrogens (tertiary/aromatic N) is 1. The van der Waals surface area contributed by atoms with E-state index >= 15 is 0 Å². The number of halogens is 1. The Morgan fingerprint density at radius 3 is 2.50 bits per heavy atom. The number of hydrazone groups is 1. The second-order valence-electron chi connectivity index (χ2n) is 0.570. The number of carbonyl (C=O) groups is 1. The first kappa shape index (κ1) is 5.62. The van der Waals surface area contributed by atoms with Gasteiger partial charge in [0, 0.05) is 0 Å². The van der Waals surface area contributed by atoms with Crippen LogP contribution in [-0.2, 0) is 4.79 Å². The molecular weight excluding hydrogens is 148 g/mol. The Balaban J connectivity index is 3.50. The van der Waals surface area contributed by atoms with Crippen molar-refractivity contribution in [2.45, 2.75) is 0 Å². The summed E-state index contributed by atoms with van der Waals surface area (Å²) >= 11 is 2.73. The minimum Gasteiger partial charge on any atom is -0.322 e. The summed E-state index contributed by atoms with van der Waals surface area (Å²) in [7, 11) is 0. The summed E-state index contributed by atoms with van der Waals surface area (Å²) in [5, 5.41) is 2.97. The van der Waals surface area contributed by atoms with Crippen LogP contribution in [0.3, 0.4) is 0 Å². The Kier molecular flexibility index (Phi) is 2.66. The minimum atomic E-state index is 0.127. The molecule has 0 amide bonds. The Bertz CT molecular complexity index is 79.6. The maximum Gasteiger partial charge on any atom is 0.177 e. The van der Waals surface area contributed by atoms with Crippen LogP contribution >= 0.6 is 15.9 Å². The Labute approximate surface area is 43.3 Å². The normalized spacial score (nSPS) is 11.2. The summed E-state index contributed by atoms with van der Waals surface area (Å²) in [5.74, 6) is 4.59. The van der Waals surface area contributed by atoms with Crippen molar-refractivity contribution >= 4 is 26.8 Å². The molecule has 2 N–H and O–H groups in total. The molecule has 4 heteroatoms. The minimum absolute atomic E-state index is 0.127. The van der Waals surface area contributed by atoms with Crippen molar-refractivity contribution in [1.82, 2.24) is 0 Å². The van der Waals surface area contributed by atoms with Gasteiger partial charge in [-0.15, -0.1) is 0 Å². The number of hydrogen-bond donors (Lipinski definition) is 1. The van der Waals surface area contributed by atoms with E-state index in [-0.39, 0.29) is 4.62 Å². The average Bonchev–Trinajstić information content (AvgIpc) is 1.65. The molecule has 0 fully saturated rings. The summed E-state index contributed by atoms with van der Waals surface area (Å²) in [4.78, 5) is 9.48. The van der Waals surface area contributed by atoms with E-state index < -0.39 is 0 Å². The van der Waals surface area contributed by atoms with E-state index in [2.05, 4.69) is 26.9 Å². The van der Waals surface area contributed by atoms with Gasteiger partial charge >= 0.3 is 0 Å². The summed E-state index contributed by atoms with van der Waals surface area (Å²) in [6.45, 7) is 0. The molecule has 0 atom stereocenters. The highest BCUT2D eigenvalue weighted by atomic mass is 79.9. The van der Waals surface area contributed by atoms with Gasteiger partial charge in [0.05, 0.1) is 0 Å². The molecule has 0 aromatic rings. The lowest BCUT2D eigenvalue weighted by molar-refractivity contribution is -0.102. The molecule has 0 spiro atoms. The van der Waals surface area contributed by atoms with Crippen LogP contribution in [0.4, 0.5) is 0 Å². The topological polar surface area (TPSA) is 55.4 Å². The molecule has 0 aromatic heterocycles. The number of aldehydes is 1. The molecule has 0 saturated carbocycles. The van der Waals surface area contributed by atoms with Gasteiger partial charge < -0.3 is 5.84 Å². The molecule has 0 heterocycles. The third-order valence-electron chi connectivity index (χ3n) is 0.221. The van der Waals surface area contributed by atoms with E-state index in [4.69, 9.17) is 0 Å². The Morgan fingerprint density at radius 2 is 2.50 bits per heavy atom. The van der Waals surface area contributed by atoms with Crippen molar-refractivity contribution in [1.29, 1.82) is 0 Å². The van der Waals surface area contributed by atoms with Crippen LogP contribution in [0.1, 0.15) is 0 Å². The number of carbonyl (C=O) groups excluding carboxylic acids is 1. The largest absolute Gasteiger partial charge is 0.322 e. The van der Waals surface area contributed by atoms with Crippen molar-refractivity contribution in [3.63, 3.8) is 0 Å². The fraction of sp³-hybridized carbons (Fsp3) is 0. The van der Waals surface area contributed by atoms with E-state index in [0.29, 0.717) is 6.29 Å². The molecule has 0 radical (unpaired) electrons. The highest BCUT2D eigenvalue weighted by Gasteiger charge is 1.79. The van der Waals surface area contributed by atoms with Crippen molar-refractivity contribution in [2.75, 3.05) is 0 Å². The van der Waals surface area contributed by atoms with Gasteiger partial charge in [0.15, 0.2) is 10.9 Å². The van der Waals surface area contributed by atoms with Gasteiger partial charge in [0.25, 0.3) is 0 Å². The number of nitrogens with two attached hydrogens (primary N) is 1. The summed E-state index contributed by atoms with van der Waals surface area (Å²) < 4.78 is 0.127. The standard InChI is InChI=1S/C2H3BrN2O/c3-2(1-6)5-4/h1H,4H2. The quantitative estimate of drug-likeness (QED) is 0.245. The highest BCUT2D eigenvalue weighted by molar-refractivity contribution is 9.19. The first-order chi connectivity index (χ1) is 2.81. The second kappa shape index (κ2) is 2.84. The molecule has 0 aliphatic rings. The van der Waals surface area contributed by atoms with Gasteiger partial charge in [0.1, 0.15) is 0 Å². The molecule has 6 heavy (non-hydrogen) atoms. The lowest BCUT2D eigenvalue weighted by atomic mass is 10.9. The summed E-state index contributed by atoms with van der Waals surface area (Å²) in [6, 6.07) is 0. The van der Waals surface area contributed by atoms with Crippen LogP contribution in [0.5, 0.6) is 0 Å². The van der Waals surface area contributed by atoms with Crippen LogP contribution in [0.2, 0.25) is 0 Å². The van der Waals surface area contributed by atoms with E-state index in [9.17, 15) is 4.79 Å². The monoisotopic (exact) mass is 150 g/mol. The van der Waals surface area contributed by atoms with Crippen LogP contribution < -0.4 is 5.84 Å².